The lowest BCUT2D eigenvalue weighted by Gasteiger charge is -2.18. The van der Waals surface area contributed by atoms with E-state index in [-0.39, 0.29) is 6.04 Å². The predicted molar refractivity (Wildman–Crippen MR) is 81.6 cm³/mol. The Balaban J connectivity index is 2.17. The van der Waals surface area contributed by atoms with Gasteiger partial charge in [-0.15, -0.1) is 0 Å². The summed E-state index contributed by atoms with van der Waals surface area (Å²) in [6.45, 7) is 3.94. The minimum atomic E-state index is -0.912. The number of nitrogens with one attached hydrogen (secondary N) is 1. The molecule has 4 heteroatoms. The van der Waals surface area contributed by atoms with Gasteiger partial charge in [0.05, 0.1) is 5.56 Å². The second-order valence-corrected chi connectivity index (χ2v) is 5.19. The van der Waals surface area contributed by atoms with Crippen LogP contribution in [0.3, 0.4) is 0 Å². The Morgan fingerprint density at radius 1 is 1.20 bits per heavy atom. The van der Waals surface area contributed by atoms with Crippen molar-refractivity contribution in [3.63, 3.8) is 0 Å². The lowest BCUT2D eigenvalue weighted by Crippen LogP contribution is -2.08. The molecular formula is C16H16ClNO2. The number of anilines is 1. The number of halogens is 1. The van der Waals surface area contributed by atoms with E-state index in [1.54, 1.807) is 18.2 Å². The molecule has 1 atom stereocenters. The van der Waals surface area contributed by atoms with E-state index in [0.29, 0.717) is 10.6 Å². The monoisotopic (exact) mass is 289 g/mol. The van der Waals surface area contributed by atoms with Gasteiger partial charge in [-0.05, 0) is 55.3 Å². The molecule has 2 aromatic carbocycles. The highest BCUT2D eigenvalue weighted by molar-refractivity contribution is 6.30. The molecule has 0 aliphatic heterocycles. The van der Waals surface area contributed by atoms with E-state index < -0.39 is 5.97 Å². The van der Waals surface area contributed by atoms with Crippen LogP contribution in [0.4, 0.5) is 5.69 Å². The summed E-state index contributed by atoms with van der Waals surface area (Å²) in [6.07, 6.45) is 0. The van der Waals surface area contributed by atoms with Gasteiger partial charge in [-0.1, -0.05) is 23.7 Å². The summed E-state index contributed by atoms with van der Waals surface area (Å²) in [5.41, 5.74) is 3.26. The second kappa shape index (κ2) is 5.97. The molecule has 0 saturated heterocycles. The average molecular weight is 290 g/mol. The molecule has 0 spiro atoms. The van der Waals surface area contributed by atoms with Gasteiger partial charge in [0.15, 0.2) is 0 Å². The first-order chi connectivity index (χ1) is 9.47. The molecule has 3 nitrogen and oxygen atoms in total. The number of carboxylic acid groups (broad SMARTS) is 1. The topological polar surface area (TPSA) is 49.3 Å². The molecule has 104 valence electrons. The van der Waals surface area contributed by atoms with Crippen LogP contribution in [-0.4, -0.2) is 11.1 Å². The first-order valence-corrected chi connectivity index (χ1v) is 6.71. The van der Waals surface area contributed by atoms with Crippen molar-refractivity contribution in [1.29, 1.82) is 0 Å². The van der Waals surface area contributed by atoms with Crippen molar-refractivity contribution >= 4 is 23.3 Å². The van der Waals surface area contributed by atoms with Gasteiger partial charge in [-0.3, -0.25) is 0 Å². The number of benzene rings is 2. The van der Waals surface area contributed by atoms with Crippen molar-refractivity contribution < 1.29 is 9.90 Å². The SMILES string of the molecule is Cc1cc(C(=O)O)ccc1NC(C)c1ccc(Cl)cc1. The van der Waals surface area contributed by atoms with E-state index in [4.69, 9.17) is 16.7 Å². The van der Waals surface area contributed by atoms with Crippen LogP contribution in [0.25, 0.3) is 0 Å². The number of rotatable bonds is 4. The molecule has 0 aliphatic carbocycles. The minimum absolute atomic E-state index is 0.113. The number of carboxylic acids is 1. The summed E-state index contributed by atoms with van der Waals surface area (Å²) in [4.78, 5) is 10.9. The van der Waals surface area contributed by atoms with E-state index >= 15 is 0 Å². The van der Waals surface area contributed by atoms with E-state index in [9.17, 15) is 4.79 Å². The van der Waals surface area contributed by atoms with Crippen LogP contribution in [0, 0.1) is 6.92 Å². The molecule has 2 rings (SSSR count). The molecule has 0 fully saturated rings. The van der Waals surface area contributed by atoms with E-state index in [0.717, 1.165) is 16.8 Å². The fourth-order valence-corrected chi connectivity index (χ4v) is 2.15. The van der Waals surface area contributed by atoms with E-state index in [2.05, 4.69) is 5.32 Å². The van der Waals surface area contributed by atoms with Crippen LogP contribution in [0.15, 0.2) is 42.5 Å². The first-order valence-electron chi connectivity index (χ1n) is 6.33. The van der Waals surface area contributed by atoms with Gasteiger partial charge in [0, 0.05) is 16.8 Å². The number of aromatic carboxylic acids is 1. The maximum Gasteiger partial charge on any atom is 0.335 e. The van der Waals surface area contributed by atoms with E-state index in [1.807, 2.05) is 38.1 Å². The fourth-order valence-electron chi connectivity index (χ4n) is 2.03. The summed E-state index contributed by atoms with van der Waals surface area (Å²) in [5.74, 6) is -0.912. The Hall–Kier alpha value is -2.00. The van der Waals surface area contributed by atoms with Crippen molar-refractivity contribution in [3.8, 4) is 0 Å². The quantitative estimate of drug-likeness (QED) is 0.870. The smallest absolute Gasteiger partial charge is 0.335 e. The highest BCUT2D eigenvalue weighted by Gasteiger charge is 2.09. The Labute approximate surface area is 123 Å². The van der Waals surface area contributed by atoms with Crippen molar-refractivity contribution in [3.05, 3.63) is 64.2 Å². The highest BCUT2D eigenvalue weighted by Crippen LogP contribution is 2.24. The number of carbonyl (C=O) groups is 1. The number of hydrogen-bond acceptors (Lipinski definition) is 2. The Kier molecular flexibility index (Phi) is 4.30. The van der Waals surface area contributed by atoms with Crippen molar-refractivity contribution in [2.24, 2.45) is 0 Å². The zero-order valence-corrected chi connectivity index (χ0v) is 12.1. The Bertz CT molecular complexity index is 623. The fraction of sp³-hybridized carbons (Fsp3) is 0.188. The standard InChI is InChI=1S/C16H16ClNO2/c1-10-9-13(16(19)20)5-8-15(10)18-11(2)12-3-6-14(17)7-4-12/h3-9,11,18H,1-2H3,(H,19,20). The third kappa shape index (κ3) is 3.31. The molecule has 0 heterocycles. The molecular weight excluding hydrogens is 274 g/mol. The van der Waals surface area contributed by atoms with Gasteiger partial charge in [0.1, 0.15) is 0 Å². The lowest BCUT2D eigenvalue weighted by atomic mass is 10.1. The van der Waals surface area contributed by atoms with Gasteiger partial charge in [-0.25, -0.2) is 4.79 Å². The van der Waals surface area contributed by atoms with Gasteiger partial charge in [-0.2, -0.15) is 0 Å². The van der Waals surface area contributed by atoms with Gasteiger partial charge < -0.3 is 10.4 Å². The molecule has 0 amide bonds. The molecule has 2 aromatic rings. The van der Waals surface area contributed by atoms with Crippen LogP contribution in [0.5, 0.6) is 0 Å². The molecule has 2 N–H and O–H groups in total. The summed E-state index contributed by atoms with van der Waals surface area (Å²) >= 11 is 5.87. The van der Waals surface area contributed by atoms with Crippen LogP contribution in [-0.2, 0) is 0 Å². The molecule has 0 radical (unpaired) electrons. The van der Waals surface area contributed by atoms with Gasteiger partial charge in [0.2, 0.25) is 0 Å². The highest BCUT2D eigenvalue weighted by atomic mass is 35.5. The summed E-state index contributed by atoms with van der Waals surface area (Å²) < 4.78 is 0. The Morgan fingerprint density at radius 2 is 1.85 bits per heavy atom. The van der Waals surface area contributed by atoms with Crippen molar-refractivity contribution in [1.82, 2.24) is 0 Å². The lowest BCUT2D eigenvalue weighted by molar-refractivity contribution is 0.0697. The third-order valence-electron chi connectivity index (χ3n) is 3.22. The average Bonchev–Trinajstić information content (AvgIpc) is 2.41. The summed E-state index contributed by atoms with van der Waals surface area (Å²) in [7, 11) is 0. The van der Waals surface area contributed by atoms with Crippen molar-refractivity contribution in [2.75, 3.05) is 5.32 Å². The maximum absolute atomic E-state index is 10.9. The van der Waals surface area contributed by atoms with Gasteiger partial charge >= 0.3 is 5.97 Å². The van der Waals surface area contributed by atoms with Crippen LogP contribution in [0.1, 0.15) is 34.5 Å². The summed E-state index contributed by atoms with van der Waals surface area (Å²) in [6, 6.07) is 12.8. The second-order valence-electron chi connectivity index (χ2n) is 4.75. The number of hydrogen-bond donors (Lipinski definition) is 2. The molecule has 0 saturated carbocycles. The zero-order valence-electron chi connectivity index (χ0n) is 11.4. The predicted octanol–water partition coefficient (Wildman–Crippen LogP) is 4.52. The van der Waals surface area contributed by atoms with E-state index in [1.165, 1.54) is 0 Å². The molecule has 20 heavy (non-hydrogen) atoms. The largest absolute Gasteiger partial charge is 0.478 e. The normalized spacial score (nSPS) is 11.9. The molecule has 1 unspecified atom stereocenters. The van der Waals surface area contributed by atoms with Crippen LogP contribution >= 0.6 is 11.6 Å². The zero-order chi connectivity index (χ0) is 14.7. The summed E-state index contributed by atoms with van der Waals surface area (Å²) in [5, 5.41) is 13.0. The minimum Gasteiger partial charge on any atom is -0.478 e. The Morgan fingerprint density at radius 3 is 2.40 bits per heavy atom. The molecule has 0 aliphatic rings. The maximum atomic E-state index is 10.9. The van der Waals surface area contributed by atoms with Crippen LogP contribution < -0.4 is 5.32 Å². The molecule has 0 aromatic heterocycles. The van der Waals surface area contributed by atoms with Crippen molar-refractivity contribution in [2.45, 2.75) is 19.9 Å². The molecule has 0 bridgehead atoms. The number of aryl methyl sites for hydroxylation is 1. The first kappa shape index (κ1) is 14.4. The third-order valence-corrected chi connectivity index (χ3v) is 3.47. The van der Waals surface area contributed by atoms with Gasteiger partial charge in [0.25, 0.3) is 0 Å². The van der Waals surface area contributed by atoms with Crippen LogP contribution in [0.2, 0.25) is 5.02 Å².